The Morgan fingerprint density at radius 1 is 0.857 bits per heavy atom. The van der Waals surface area contributed by atoms with Crippen LogP contribution in [0.1, 0.15) is 111 Å². The van der Waals surface area contributed by atoms with E-state index in [0.717, 1.165) is 12.6 Å². The van der Waals surface area contributed by atoms with Crippen LogP contribution in [0, 0.1) is 5.41 Å². The van der Waals surface area contributed by atoms with Crippen LogP contribution in [0.15, 0.2) is 0 Å². The Kier molecular flexibility index (Phi) is 10.4. The molecule has 0 aromatic carbocycles. The Labute approximate surface area is 134 Å². The van der Waals surface area contributed by atoms with Gasteiger partial charge in [-0.1, -0.05) is 85.0 Å². The van der Waals surface area contributed by atoms with E-state index in [0.29, 0.717) is 5.41 Å². The quantitative estimate of drug-likeness (QED) is 0.384. The molecule has 1 heteroatoms. The van der Waals surface area contributed by atoms with Crippen molar-refractivity contribution in [2.24, 2.45) is 5.41 Å². The van der Waals surface area contributed by atoms with Crippen LogP contribution < -0.4 is 5.32 Å². The molecule has 1 nitrogen and oxygen atoms in total. The summed E-state index contributed by atoms with van der Waals surface area (Å²) in [5.74, 6) is 0. The van der Waals surface area contributed by atoms with Gasteiger partial charge in [-0.25, -0.2) is 0 Å². The van der Waals surface area contributed by atoms with Crippen molar-refractivity contribution in [3.63, 3.8) is 0 Å². The molecule has 0 aromatic rings. The number of hydrogen-bond acceptors (Lipinski definition) is 1. The average Bonchev–Trinajstić information content (AvgIpc) is 2.83. The number of rotatable bonds is 13. The van der Waals surface area contributed by atoms with Crippen molar-refractivity contribution in [3.05, 3.63) is 0 Å². The summed E-state index contributed by atoms with van der Waals surface area (Å²) < 4.78 is 0. The smallest absolute Gasteiger partial charge is 0.00723 e. The highest BCUT2D eigenvalue weighted by molar-refractivity contribution is 4.89. The van der Waals surface area contributed by atoms with Crippen LogP contribution in [0.2, 0.25) is 0 Å². The second kappa shape index (κ2) is 11.5. The van der Waals surface area contributed by atoms with Gasteiger partial charge in [0.1, 0.15) is 0 Å². The molecule has 21 heavy (non-hydrogen) atoms. The summed E-state index contributed by atoms with van der Waals surface area (Å²) in [6, 6.07) is 0.808. The first kappa shape index (κ1) is 19.0. The second-order valence-corrected chi connectivity index (χ2v) is 7.74. The van der Waals surface area contributed by atoms with Gasteiger partial charge in [-0.3, -0.25) is 0 Å². The summed E-state index contributed by atoms with van der Waals surface area (Å²) >= 11 is 0. The Bertz CT molecular complexity index is 238. The van der Waals surface area contributed by atoms with Crippen LogP contribution in [-0.2, 0) is 0 Å². The summed E-state index contributed by atoms with van der Waals surface area (Å²) in [7, 11) is 0. The van der Waals surface area contributed by atoms with Crippen molar-refractivity contribution >= 4 is 0 Å². The molecule has 0 amide bonds. The molecule has 1 fully saturated rings. The van der Waals surface area contributed by atoms with Gasteiger partial charge < -0.3 is 5.32 Å². The van der Waals surface area contributed by atoms with Gasteiger partial charge in [0.2, 0.25) is 0 Å². The molecule has 1 aliphatic rings. The summed E-state index contributed by atoms with van der Waals surface area (Å²) in [5.41, 5.74) is 0.646. The lowest BCUT2D eigenvalue weighted by molar-refractivity contribution is 0.285. The molecule has 2 unspecified atom stereocenters. The number of unbranched alkanes of at least 4 members (excludes halogenated alkanes) is 9. The van der Waals surface area contributed by atoms with Crippen molar-refractivity contribution in [1.82, 2.24) is 5.32 Å². The third kappa shape index (κ3) is 8.86. The van der Waals surface area contributed by atoms with E-state index in [1.165, 1.54) is 89.9 Å². The van der Waals surface area contributed by atoms with Gasteiger partial charge >= 0.3 is 0 Å². The fourth-order valence-electron chi connectivity index (χ4n) is 4.05. The molecule has 0 spiro atoms. The number of nitrogens with one attached hydrogen (secondary N) is 1. The predicted octanol–water partition coefficient (Wildman–Crippen LogP) is 6.47. The van der Waals surface area contributed by atoms with Gasteiger partial charge in [0.15, 0.2) is 0 Å². The highest BCUT2D eigenvalue weighted by Gasteiger charge is 2.33. The van der Waals surface area contributed by atoms with Crippen LogP contribution in [-0.4, -0.2) is 12.6 Å². The molecule has 2 atom stereocenters. The lowest BCUT2D eigenvalue weighted by Gasteiger charge is -2.24. The fraction of sp³-hybridized carbons (Fsp3) is 1.00. The van der Waals surface area contributed by atoms with Crippen molar-refractivity contribution in [3.8, 4) is 0 Å². The first-order chi connectivity index (χ1) is 10.2. The van der Waals surface area contributed by atoms with Crippen LogP contribution in [0.25, 0.3) is 0 Å². The van der Waals surface area contributed by atoms with E-state index < -0.39 is 0 Å². The van der Waals surface area contributed by atoms with E-state index in [1.807, 2.05) is 0 Å². The van der Waals surface area contributed by atoms with Crippen LogP contribution >= 0.6 is 0 Å². The summed E-state index contributed by atoms with van der Waals surface area (Å²) in [6.45, 7) is 8.19. The molecule has 0 bridgehead atoms. The van der Waals surface area contributed by atoms with Gasteiger partial charge in [-0.15, -0.1) is 0 Å². The molecule has 0 aromatic heterocycles. The van der Waals surface area contributed by atoms with Crippen molar-refractivity contribution in [1.29, 1.82) is 0 Å². The Balaban J connectivity index is 1.90. The molecule has 0 heterocycles. The minimum atomic E-state index is 0.646. The monoisotopic (exact) mass is 295 g/mol. The van der Waals surface area contributed by atoms with Crippen molar-refractivity contribution in [2.75, 3.05) is 6.54 Å². The Morgan fingerprint density at radius 3 is 2.00 bits per heavy atom. The number of hydrogen-bond donors (Lipinski definition) is 1. The minimum absolute atomic E-state index is 0.646. The largest absolute Gasteiger partial charge is 0.314 e. The van der Waals surface area contributed by atoms with Gasteiger partial charge in [0.25, 0.3) is 0 Å². The van der Waals surface area contributed by atoms with E-state index in [2.05, 4.69) is 26.1 Å². The van der Waals surface area contributed by atoms with E-state index in [1.54, 1.807) is 0 Å². The van der Waals surface area contributed by atoms with Crippen LogP contribution in [0.5, 0.6) is 0 Å². The maximum absolute atomic E-state index is 3.64. The van der Waals surface area contributed by atoms with Gasteiger partial charge in [0.05, 0.1) is 0 Å². The maximum Gasteiger partial charge on any atom is 0.00723 e. The first-order valence-corrected chi connectivity index (χ1v) is 9.93. The third-order valence-corrected chi connectivity index (χ3v) is 5.46. The fourth-order valence-corrected chi connectivity index (χ4v) is 4.05. The van der Waals surface area contributed by atoms with E-state index >= 15 is 0 Å². The molecule has 1 aliphatic carbocycles. The molecule has 1 N–H and O–H groups in total. The second-order valence-electron chi connectivity index (χ2n) is 7.74. The summed E-state index contributed by atoms with van der Waals surface area (Å²) in [6.07, 6.45) is 20.3. The lowest BCUT2D eigenvalue weighted by atomic mass is 9.83. The first-order valence-electron chi connectivity index (χ1n) is 9.93. The van der Waals surface area contributed by atoms with Gasteiger partial charge in [-0.05, 0) is 37.6 Å². The molecular weight excluding hydrogens is 254 g/mol. The van der Waals surface area contributed by atoms with E-state index in [4.69, 9.17) is 0 Å². The van der Waals surface area contributed by atoms with Crippen molar-refractivity contribution < 1.29 is 0 Å². The summed E-state index contributed by atoms with van der Waals surface area (Å²) in [4.78, 5) is 0. The highest BCUT2D eigenvalue weighted by Crippen LogP contribution is 2.42. The highest BCUT2D eigenvalue weighted by atomic mass is 14.9. The molecule has 126 valence electrons. The minimum Gasteiger partial charge on any atom is -0.314 e. The van der Waals surface area contributed by atoms with E-state index in [9.17, 15) is 0 Å². The normalized spacial score (nSPS) is 25.6. The van der Waals surface area contributed by atoms with Crippen LogP contribution in [0.4, 0.5) is 0 Å². The van der Waals surface area contributed by atoms with Crippen LogP contribution in [0.3, 0.4) is 0 Å². The van der Waals surface area contributed by atoms with E-state index in [-0.39, 0.29) is 0 Å². The molecular formula is C20H41N. The zero-order valence-electron chi connectivity index (χ0n) is 15.2. The Hall–Kier alpha value is -0.0400. The Morgan fingerprint density at radius 2 is 1.43 bits per heavy atom. The van der Waals surface area contributed by atoms with Gasteiger partial charge in [0, 0.05) is 6.04 Å². The third-order valence-electron chi connectivity index (χ3n) is 5.46. The predicted molar refractivity (Wildman–Crippen MR) is 95.9 cm³/mol. The molecule has 0 saturated heterocycles. The lowest BCUT2D eigenvalue weighted by Crippen LogP contribution is -2.27. The molecule has 1 rings (SSSR count). The van der Waals surface area contributed by atoms with Gasteiger partial charge in [-0.2, -0.15) is 0 Å². The SMILES string of the molecule is CCCCCCCCCCCCC1(C)CCC(NCC)C1. The zero-order valence-corrected chi connectivity index (χ0v) is 15.2. The molecule has 1 saturated carbocycles. The topological polar surface area (TPSA) is 12.0 Å². The average molecular weight is 296 g/mol. The molecule has 0 radical (unpaired) electrons. The zero-order chi connectivity index (χ0) is 15.4. The van der Waals surface area contributed by atoms with Crippen molar-refractivity contribution in [2.45, 2.75) is 117 Å². The molecule has 0 aliphatic heterocycles. The maximum atomic E-state index is 3.64. The standard InChI is InChI=1S/C20H41N/c1-4-6-7-8-9-10-11-12-13-14-16-20(3)17-15-19(18-20)21-5-2/h19,21H,4-18H2,1-3H3. The summed E-state index contributed by atoms with van der Waals surface area (Å²) in [5, 5.41) is 3.64.